The standard InChI is InChI=1S/C10H10BrFO2/c1-2-14-9(13)6-7-4-3-5-8(11)10(7)12/h3-5H,2,6H2,1H3. The van der Waals surface area contributed by atoms with Crippen molar-refractivity contribution in [3.8, 4) is 0 Å². The van der Waals surface area contributed by atoms with Crippen LogP contribution < -0.4 is 0 Å². The number of carbonyl (C=O) groups is 1. The first-order valence-corrected chi connectivity index (χ1v) is 5.03. The van der Waals surface area contributed by atoms with E-state index in [0.29, 0.717) is 16.6 Å². The molecule has 0 aliphatic carbocycles. The molecule has 14 heavy (non-hydrogen) atoms. The normalized spacial score (nSPS) is 9.93. The minimum Gasteiger partial charge on any atom is -0.466 e. The molecule has 0 saturated heterocycles. The van der Waals surface area contributed by atoms with E-state index in [1.165, 1.54) is 0 Å². The van der Waals surface area contributed by atoms with Crippen LogP contribution in [0.15, 0.2) is 22.7 Å². The predicted octanol–water partition coefficient (Wildman–Crippen LogP) is 2.69. The number of benzene rings is 1. The molecule has 2 nitrogen and oxygen atoms in total. The minimum absolute atomic E-state index is 0.0287. The van der Waals surface area contributed by atoms with Gasteiger partial charge in [0.1, 0.15) is 5.82 Å². The molecule has 1 aromatic carbocycles. The lowest BCUT2D eigenvalue weighted by atomic mass is 10.1. The Bertz CT molecular complexity index is 339. The molecule has 0 heterocycles. The molecular formula is C10H10BrFO2. The molecule has 0 aliphatic rings. The maximum absolute atomic E-state index is 13.3. The smallest absolute Gasteiger partial charge is 0.310 e. The number of hydrogen-bond donors (Lipinski definition) is 0. The zero-order valence-corrected chi connectivity index (χ0v) is 9.30. The van der Waals surface area contributed by atoms with Gasteiger partial charge in [-0.25, -0.2) is 4.39 Å². The van der Waals surface area contributed by atoms with Crippen molar-refractivity contribution in [1.29, 1.82) is 0 Å². The van der Waals surface area contributed by atoms with Gasteiger partial charge in [-0.15, -0.1) is 0 Å². The fourth-order valence-electron chi connectivity index (χ4n) is 1.05. The summed E-state index contributed by atoms with van der Waals surface area (Å²) in [5.74, 6) is -0.815. The highest BCUT2D eigenvalue weighted by Gasteiger charge is 2.10. The average molecular weight is 261 g/mol. The largest absolute Gasteiger partial charge is 0.466 e. The highest BCUT2D eigenvalue weighted by Crippen LogP contribution is 2.18. The average Bonchev–Trinajstić information content (AvgIpc) is 2.13. The van der Waals surface area contributed by atoms with E-state index in [2.05, 4.69) is 15.9 Å². The van der Waals surface area contributed by atoms with Crippen LogP contribution in [-0.2, 0) is 16.0 Å². The molecule has 0 radical (unpaired) electrons. The lowest BCUT2D eigenvalue weighted by Gasteiger charge is -2.04. The Morgan fingerprint density at radius 2 is 2.29 bits per heavy atom. The van der Waals surface area contributed by atoms with E-state index in [4.69, 9.17) is 4.74 Å². The van der Waals surface area contributed by atoms with E-state index in [-0.39, 0.29) is 6.42 Å². The van der Waals surface area contributed by atoms with Crippen LogP contribution in [0.4, 0.5) is 4.39 Å². The van der Waals surface area contributed by atoms with Crippen molar-refractivity contribution in [2.75, 3.05) is 6.61 Å². The van der Waals surface area contributed by atoms with Crippen LogP contribution in [0.1, 0.15) is 12.5 Å². The summed E-state index contributed by atoms with van der Waals surface area (Å²) in [4.78, 5) is 11.1. The molecule has 0 unspecified atom stereocenters. The van der Waals surface area contributed by atoms with Gasteiger partial charge in [-0.05, 0) is 28.9 Å². The second-order valence-corrected chi connectivity index (χ2v) is 3.55. The van der Waals surface area contributed by atoms with Gasteiger partial charge in [-0.2, -0.15) is 0 Å². The second-order valence-electron chi connectivity index (χ2n) is 2.69. The number of halogens is 2. The molecule has 1 rings (SSSR count). The Kier molecular flexibility index (Phi) is 4.07. The lowest BCUT2D eigenvalue weighted by Crippen LogP contribution is -2.08. The Labute approximate surface area is 90.2 Å². The van der Waals surface area contributed by atoms with Crippen LogP contribution in [0.3, 0.4) is 0 Å². The molecule has 1 aromatic rings. The van der Waals surface area contributed by atoms with Gasteiger partial charge in [0, 0.05) is 5.56 Å². The van der Waals surface area contributed by atoms with Crippen molar-refractivity contribution >= 4 is 21.9 Å². The molecule has 4 heteroatoms. The summed E-state index contributed by atoms with van der Waals surface area (Å²) in [6.45, 7) is 2.03. The van der Waals surface area contributed by atoms with Crippen LogP contribution in [0.2, 0.25) is 0 Å². The molecule has 0 fully saturated rings. The highest BCUT2D eigenvalue weighted by atomic mass is 79.9. The SMILES string of the molecule is CCOC(=O)Cc1cccc(Br)c1F. The Balaban J connectivity index is 2.76. The molecule has 0 aliphatic heterocycles. The molecule has 76 valence electrons. The number of carbonyl (C=O) groups excluding carboxylic acids is 1. The second kappa shape index (κ2) is 5.10. The summed E-state index contributed by atoms with van der Waals surface area (Å²) in [6.07, 6.45) is -0.0287. The van der Waals surface area contributed by atoms with Crippen molar-refractivity contribution in [1.82, 2.24) is 0 Å². The van der Waals surface area contributed by atoms with E-state index >= 15 is 0 Å². The zero-order valence-electron chi connectivity index (χ0n) is 7.72. The Morgan fingerprint density at radius 3 is 2.93 bits per heavy atom. The van der Waals surface area contributed by atoms with Gasteiger partial charge in [-0.3, -0.25) is 4.79 Å². The zero-order chi connectivity index (χ0) is 10.6. The minimum atomic E-state index is -0.412. The van der Waals surface area contributed by atoms with E-state index < -0.39 is 11.8 Å². The van der Waals surface area contributed by atoms with Crippen molar-refractivity contribution in [3.05, 3.63) is 34.1 Å². The van der Waals surface area contributed by atoms with Gasteiger partial charge in [0.05, 0.1) is 17.5 Å². The first kappa shape index (κ1) is 11.2. The van der Waals surface area contributed by atoms with Crippen LogP contribution in [0, 0.1) is 5.82 Å². The van der Waals surface area contributed by atoms with Gasteiger partial charge in [-0.1, -0.05) is 12.1 Å². The van der Waals surface area contributed by atoms with E-state index in [0.717, 1.165) is 0 Å². The summed E-state index contributed by atoms with van der Waals surface area (Å²) in [6, 6.07) is 4.84. The quantitative estimate of drug-likeness (QED) is 0.782. The molecule has 0 saturated carbocycles. The number of rotatable bonds is 3. The van der Waals surface area contributed by atoms with Gasteiger partial charge in [0.25, 0.3) is 0 Å². The van der Waals surface area contributed by atoms with Crippen molar-refractivity contribution in [2.45, 2.75) is 13.3 Å². The molecule has 0 bridgehead atoms. The first-order chi connectivity index (χ1) is 6.65. The fraction of sp³-hybridized carbons (Fsp3) is 0.300. The van der Waals surface area contributed by atoms with Gasteiger partial charge in [0.15, 0.2) is 0 Å². The van der Waals surface area contributed by atoms with Crippen molar-refractivity contribution in [3.63, 3.8) is 0 Å². The maximum atomic E-state index is 13.3. The fourth-order valence-corrected chi connectivity index (χ4v) is 1.46. The number of esters is 1. The maximum Gasteiger partial charge on any atom is 0.310 e. The van der Waals surface area contributed by atoms with Gasteiger partial charge < -0.3 is 4.74 Å². The third-order valence-corrected chi connectivity index (χ3v) is 2.28. The summed E-state index contributed by atoms with van der Waals surface area (Å²) in [5, 5.41) is 0. The van der Waals surface area contributed by atoms with Gasteiger partial charge in [0.2, 0.25) is 0 Å². The van der Waals surface area contributed by atoms with Crippen LogP contribution in [0.5, 0.6) is 0 Å². The van der Waals surface area contributed by atoms with Crippen molar-refractivity contribution < 1.29 is 13.9 Å². The third-order valence-electron chi connectivity index (χ3n) is 1.67. The van der Waals surface area contributed by atoms with E-state index in [1.54, 1.807) is 25.1 Å². The van der Waals surface area contributed by atoms with Crippen LogP contribution in [0.25, 0.3) is 0 Å². The summed E-state index contributed by atoms with van der Waals surface area (Å²) < 4.78 is 18.4. The molecular weight excluding hydrogens is 251 g/mol. The summed E-state index contributed by atoms with van der Waals surface area (Å²) >= 11 is 3.05. The van der Waals surface area contributed by atoms with Crippen LogP contribution >= 0.6 is 15.9 Å². The Morgan fingerprint density at radius 1 is 1.57 bits per heavy atom. The molecule has 0 atom stereocenters. The highest BCUT2D eigenvalue weighted by molar-refractivity contribution is 9.10. The van der Waals surface area contributed by atoms with Gasteiger partial charge >= 0.3 is 5.97 Å². The van der Waals surface area contributed by atoms with E-state index in [9.17, 15) is 9.18 Å². The molecule has 0 aromatic heterocycles. The molecule has 0 N–H and O–H groups in total. The Hall–Kier alpha value is -0.900. The summed E-state index contributed by atoms with van der Waals surface area (Å²) in [7, 11) is 0. The first-order valence-electron chi connectivity index (χ1n) is 4.23. The lowest BCUT2D eigenvalue weighted by molar-refractivity contribution is -0.142. The predicted molar refractivity (Wildman–Crippen MR) is 54.4 cm³/mol. The topological polar surface area (TPSA) is 26.3 Å². The van der Waals surface area contributed by atoms with Crippen LogP contribution in [-0.4, -0.2) is 12.6 Å². The van der Waals surface area contributed by atoms with E-state index in [1.807, 2.05) is 0 Å². The number of ether oxygens (including phenoxy) is 1. The molecule has 0 spiro atoms. The molecule has 0 amide bonds. The third kappa shape index (κ3) is 2.80. The number of hydrogen-bond acceptors (Lipinski definition) is 2. The summed E-state index contributed by atoms with van der Waals surface area (Å²) in [5.41, 5.74) is 0.345. The monoisotopic (exact) mass is 260 g/mol. The van der Waals surface area contributed by atoms with Crippen molar-refractivity contribution in [2.24, 2.45) is 0 Å².